The van der Waals surface area contributed by atoms with E-state index in [2.05, 4.69) is 5.32 Å². The fraction of sp³-hybridized carbons (Fsp3) is 0.278. The van der Waals surface area contributed by atoms with Gasteiger partial charge >= 0.3 is 0 Å². The molecule has 0 spiro atoms. The van der Waals surface area contributed by atoms with Gasteiger partial charge in [0.25, 0.3) is 5.91 Å². The van der Waals surface area contributed by atoms with E-state index >= 15 is 0 Å². The fourth-order valence-electron chi connectivity index (χ4n) is 2.04. The smallest absolute Gasteiger partial charge is 0.258 e. The molecule has 0 fully saturated rings. The molecular weight excluding hydrogens is 310 g/mol. The van der Waals surface area contributed by atoms with Crippen molar-refractivity contribution in [1.82, 2.24) is 5.32 Å². The van der Waals surface area contributed by atoms with E-state index < -0.39 is 0 Å². The summed E-state index contributed by atoms with van der Waals surface area (Å²) >= 11 is 0. The van der Waals surface area contributed by atoms with Gasteiger partial charge in [0.2, 0.25) is 5.75 Å². The van der Waals surface area contributed by atoms with Crippen molar-refractivity contribution in [2.75, 3.05) is 34.0 Å². The third-order valence-electron chi connectivity index (χ3n) is 3.16. The average Bonchev–Trinajstić information content (AvgIpc) is 2.64. The molecule has 6 heteroatoms. The summed E-state index contributed by atoms with van der Waals surface area (Å²) < 4.78 is 21.5. The molecule has 0 aliphatic rings. The Hall–Kier alpha value is -2.89. The molecule has 128 valence electrons. The van der Waals surface area contributed by atoms with Crippen molar-refractivity contribution in [2.24, 2.45) is 0 Å². The van der Waals surface area contributed by atoms with E-state index in [1.807, 2.05) is 24.3 Å². The summed E-state index contributed by atoms with van der Waals surface area (Å²) in [6.07, 6.45) is 0. The highest BCUT2D eigenvalue weighted by molar-refractivity contribution is 5.77. The molecule has 0 radical (unpaired) electrons. The first-order valence-electron chi connectivity index (χ1n) is 7.53. The summed E-state index contributed by atoms with van der Waals surface area (Å²) in [5.41, 5.74) is 0. The first kappa shape index (κ1) is 17.5. The van der Waals surface area contributed by atoms with Gasteiger partial charge in [0.15, 0.2) is 18.1 Å². The van der Waals surface area contributed by atoms with Crippen LogP contribution >= 0.6 is 0 Å². The maximum atomic E-state index is 11.7. The van der Waals surface area contributed by atoms with Gasteiger partial charge in [-0.1, -0.05) is 24.3 Å². The number of nitrogens with one attached hydrogen (secondary N) is 1. The zero-order valence-electron chi connectivity index (χ0n) is 13.8. The molecule has 1 amide bonds. The van der Waals surface area contributed by atoms with Crippen LogP contribution in [0.3, 0.4) is 0 Å². The molecule has 0 aliphatic carbocycles. The first-order valence-corrected chi connectivity index (χ1v) is 7.53. The summed E-state index contributed by atoms with van der Waals surface area (Å²) in [7, 11) is 3.11. The van der Waals surface area contributed by atoms with Gasteiger partial charge in [0.1, 0.15) is 12.4 Å². The highest BCUT2D eigenvalue weighted by Crippen LogP contribution is 2.36. The van der Waals surface area contributed by atoms with E-state index in [1.165, 1.54) is 0 Å². The first-order chi connectivity index (χ1) is 11.7. The molecule has 0 heterocycles. The fourth-order valence-corrected chi connectivity index (χ4v) is 2.04. The second-order valence-corrected chi connectivity index (χ2v) is 4.79. The molecule has 0 aliphatic heterocycles. The summed E-state index contributed by atoms with van der Waals surface area (Å²) in [4.78, 5) is 11.7. The Bertz CT molecular complexity index is 645. The minimum Gasteiger partial charge on any atom is -0.493 e. The van der Waals surface area contributed by atoms with E-state index in [9.17, 15) is 4.79 Å². The number of benzene rings is 2. The van der Waals surface area contributed by atoms with Crippen molar-refractivity contribution >= 4 is 5.91 Å². The van der Waals surface area contributed by atoms with Crippen LogP contribution in [-0.4, -0.2) is 39.9 Å². The van der Waals surface area contributed by atoms with Gasteiger partial charge in [-0.2, -0.15) is 0 Å². The van der Waals surface area contributed by atoms with Crippen LogP contribution in [-0.2, 0) is 4.79 Å². The number of carbonyl (C=O) groups excluding carboxylic acids is 1. The third-order valence-corrected chi connectivity index (χ3v) is 3.16. The second kappa shape index (κ2) is 9.29. The van der Waals surface area contributed by atoms with Gasteiger partial charge in [-0.15, -0.1) is 0 Å². The lowest BCUT2D eigenvalue weighted by Gasteiger charge is -2.13. The van der Waals surface area contributed by atoms with Crippen molar-refractivity contribution in [3.05, 3.63) is 48.5 Å². The lowest BCUT2D eigenvalue weighted by molar-refractivity contribution is -0.123. The second-order valence-electron chi connectivity index (χ2n) is 4.79. The molecule has 0 aromatic heterocycles. The molecule has 0 bridgehead atoms. The minimum atomic E-state index is -0.208. The Morgan fingerprint density at radius 2 is 1.67 bits per heavy atom. The molecule has 0 saturated carbocycles. The van der Waals surface area contributed by atoms with E-state index in [0.29, 0.717) is 36.1 Å². The van der Waals surface area contributed by atoms with Gasteiger partial charge in [-0.25, -0.2) is 0 Å². The Morgan fingerprint density at radius 1 is 0.917 bits per heavy atom. The predicted molar refractivity (Wildman–Crippen MR) is 90.0 cm³/mol. The van der Waals surface area contributed by atoms with Crippen molar-refractivity contribution in [3.8, 4) is 23.0 Å². The zero-order chi connectivity index (χ0) is 17.2. The molecule has 6 nitrogen and oxygen atoms in total. The number of methoxy groups -OCH3 is 2. The van der Waals surface area contributed by atoms with E-state index in [-0.39, 0.29) is 12.5 Å². The van der Waals surface area contributed by atoms with Crippen LogP contribution in [0.25, 0.3) is 0 Å². The number of hydrogen-bond donors (Lipinski definition) is 1. The van der Waals surface area contributed by atoms with Crippen molar-refractivity contribution in [2.45, 2.75) is 0 Å². The summed E-state index contributed by atoms with van der Waals surface area (Å²) in [5, 5.41) is 2.73. The van der Waals surface area contributed by atoms with Crippen LogP contribution in [0.5, 0.6) is 23.0 Å². The quantitative estimate of drug-likeness (QED) is 0.714. The van der Waals surface area contributed by atoms with E-state index in [0.717, 1.165) is 0 Å². The van der Waals surface area contributed by atoms with Crippen LogP contribution in [0.1, 0.15) is 0 Å². The normalized spacial score (nSPS) is 9.92. The number of amides is 1. The molecule has 2 aromatic rings. The Kier molecular flexibility index (Phi) is 6.76. The molecule has 1 N–H and O–H groups in total. The van der Waals surface area contributed by atoms with Gasteiger partial charge in [-0.3, -0.25) is 4.79 Å². The number of hydrogen-bond acceptors (Lipinski definition) is 5. The lowest BCUT2D eigenvalue weighted by Crippen LogP contribution is -2.32. The number of para-hydroxylation sites is 2. The van der Waals surface area contributed by atoms with Crippen molar-refractivity contribution in [1.29, 1.82) is 0 Å². The van der Waals surface area contributed by atoms with Crippen LogP contribution in [0.15, 0.2) is 48.5 Å². The van der Waals surface area contributed by atoms with Crippen LogP contribution in [0, 0.1) is 0 Å². The van der Waals surface area contributed by atoms with E-state index in [4.69, 9.17) is 18.9 Å². The summed E-state index contributed by atoms with van der Waals surface area (Å²) in [5.74, 6) is 2.13. The standard InChI is InChI=1S/C18H21NO5/c1-21-15-9-6-10-16(18(15)22-2)23-12-11-19-17(20)13-24-14-7-4-3-5-8-14/h3-10H,11-13H2,1-2H3,(H,19,20). The Balaban J connectivity index is 1.72. The molecule has 2 aromatic carbocycles. The summed E-state index contributed by atoms with van der Waals surface area (Å²) in [6, 6.07) is 14.6. The molecule has 2 rings (SSSR count). The highest BCUT2D eigenvalue weighted by Gasteiger charge is 2.10. The third kappa shape index (κ3) is 5.08. The number of carbonyl (C=O) groups is 1. The number of ether oxygens (including phenoxy) is 4. The molecule has 24 heavy (non-hydrogen) atoms. The van der Waals surface area contributed by atoms with Crippen molar-refractivity contribution < 1.29 is 23.7 Å². The monoisotopic (exact) mass is 331 g/mol. The lowest BCUT2D eigenvalue weighted by atomic mass is 10.3. The van der Waals surface area contributed by atoms with Crippen LogP contribution in [0.2, 0.25) is 0 Å². The SMILES string of the molecule is COc1cccc(OCCNC(=O)COc2ccccc2)c1OC. The van der Waals surface area contributed by atoms with Gasteiger partial charge in [0, 0.05) is 0 Å². The summed E-state index contributed by atoms with van der Waals surface area (Å²) in [6.45, 7) is 0.629. The molecule has 0 unspecified atom stereocenters. The van der Waals surface area contributed by atoms with Gasteiger partial charge in [0.05, 0.1) is 20.8 Å². The predicted octanol–water partition coefficient (Wildman–Crippen LogP) is 2.28. The van der Waals surface area contributed by atoms with Crippen molar-refractivity contribution in [3.63, 3.8) is 0 Å². The van der Waals surface area contributed by atoms with Crippen LogP contribution < -0.4 is 24.3 Å². The molecule has 0 saturated heterocycles. The number of rotatable bonds is 9. The van der Waals surface area contributed by atoms with E-state index in [1.54, 1.807) is 38.5 Å². The van der Waals surface area contributed by atoms with Gasteiger partial charge < -0.3 is 24.3 Å². The Labute approximate surface area is 141 Å². The molecular formula is C18H21NO5. The van der Waals surface area contributed by atoms with Gasteiger partial charge in [-0.05, 0) is 24.3 Å². The highest BCUT2D eigenvalue weighted by atomic mass is 16.5. The molecule has 0 atom stereocenters. The maximum Gasteiger partial charge on any atom is 0.258 e. The largest absolute Gasteiger partial charge is 0.493 e. The topological polar surface area (TPSA) is 66.0 Å². The van der Waals surface area contributed by atoms with Crippen LogP contribution in [0.4, 0.5) is 0 Å². The zero-order valence-corrected chi connectivity index (χ0v) is 13.8. The Morgan fingerprint density at radius 3 is 2.38 bits per heavy atom. The maximum absolute atomic E-state index is 11.7. The minimum absolute atomic E-state index is 0.0352. The average molecular weight is 331 g/mol.